The van der Waals surface area contributed by atoms with E-state index < -0.39 is 0 Å². The van der Waals surface area contributed by atoms with E-state index in [-0.39, 0.29) is 12.0 Å². The Morgan fingerprint density at radius 1 is 1.32 bits per heavy atom. The molecular formula is C16H21NO2. The zero-order valence-corrected chi connectivity index (χ0v) is 11.4. The SMILES string of the molecule is CC1COCCN1C(=O)C(c1ccccc1)C1CC1. The number of benzene rings is 1. The normalized spacial score (nSPS) is 25.1. The van der Waals surface area contributed by atoms with Gasteiger partial charge >= 0.3 is 0 Å². The molecule has 2 aliphatic rings. The molecule has 0 spiro atoms. The molecule has 1 saturated heterocycles. The van der Waals surface area contributed by atoms with Crippen LogP contribution in [-0.4, -0.2) is 36.6 Å². The summed E-state index contributed by atoms with van der Waals surface area (Å²) in [5, 5.41) is 0. The monoisotopic (exact) mass is 259 g/mol. The van der Waals surface area contributed by atoms with Crippen molar-refractivity contribution in [2.75, 3.05) is 19.8 Å². The summed E-state index contributed by atoms with van der Waals surface area (Å²) in [5.41, 5.74) is 1.17. The lowest BCUT2D eigenvalue weighted by Crippen LogP contribution is -2.49. The number of ether oxygens (including phenoxy) is 1. The minimum atomic E-state index is 0.0572. The molecular weight excluding hydrogens is 238 g/mol. The Labute approximate surface area is 114 Å². The summed E-state index contributed by atoms with van der Waals surface area (Å²) in [5.74, 6) is 0.899. The van der Waals surface area contributed by atoms with Crippen LogP contribution in [0.2, 0.25) is 0 Å². The number of hydrogen-bond donors (Lipinski definition) is 0. The van der Waals surface area contributed by atoms with Crippen molar-refractivity contribution in [3.05, 3.63) is 35.9 Å². The van der Waals surface area contributed by atoms with E-state index in [1.807, 2.05) is 23.1 Å². The Morgan fingerprint density at radius 2 is 2.05 bits per heavy atom. The van der Waals surface area contributed by atoms with Crippen molar-refractivity contribution >= 4 is 5.91 Å². The zero-order chi connectivity index (χ0) is 13.2. The van der Waals surface area contributed by atoms with E-state index in [1.54, 1.807) is 0 Å². The van der Waals surface area contributed by atoms with Crippen molar-refractivity contribution in [1.82, 2.24) is 4.90 Å². The molecule has 0 aromatic heterocycles. The highest BCUT2D eigenvalue weighted by atomic mass is 16.5. The summed E-state index contributed by atoms with van der Waals surface area (Å²) < 4.78 is 5.43. The summed E-state index contributed by atoms with van der Waals surface area (Å²) in [6, 6.07) is 10.4. The number of carbonyl (C=O) groups is 1. The van der Waals surface area contributed by atoms with Gasteiger partial charge in [-0.05, 0) is 31.2 Å². The maximum absolute atomic E-state index is 12.9. The molecule has 102 valence electrons. The van der Waals surface area contributed by atoms with Crippen molar-refractivity contribution in [2.45, 2.75) is 31.7 Å². The largest absolute Gasteiger partial charge is 0.377 e. The van der Waals surface area contributed by atoms with Gasteiger partial charge < -0.3 is 9.64 Å². The first-order valence-electron chi connectivity index (χ1n) is 7.20. The predicted molar refractivity (Wildman–Crippen MR) is 73.9 cm³/mol. The van der Waals surface area contributed by atoms with E-state index in [9.17, 15) is 4.79 Å². The van der Waals surface area contributed by atoms with Crippen molar-refractivity contribution in [3.63, 3.8) is 0 Å². The molecule has 0 bridgehead atoms. The van der Waals surface area contributed by atoms with Crippen LogP contribution in [0.3, 0.4) is 0 Å². The molecule has 2 fully saturated rings. The highest BCUT2D eigenvalue weighted by molar-refractivity contribution is 5.84. The average molecular weight is 259 g/mol. The Hall–Kier alpha value is -1.35. The summed E-state index contributed by atoms with van der Waals surface area (Å²) >= 11 is 0. The lowest BCUT2D eigenvalue weighted by molar-refractivity contribution is -0.141. The molecule has 0 N–H and O–H groups in total. The molecule has 1 aromatic carbocycles. The molecule has 0 radical (unpaired) electrons. The quantitative estimate of drug-likeness (QED) is 0.834. The minimum Gasteiger partial charge on any atom is -0.377 e. The van der Waals surface area contributed by atoms with Crippen LogP contribution in [0, 0.1) is 5.92 Å². The summed E-state index contributed by atoms with van der Waals surface area (Å²) in [7, 11) is 0. The summed E-state index contributed by atoms with van der Waals surface area (Å²) in [6.45, 7) is 4.14. The van der Waals surface area contributed by atoms with Crippen molar-refractivity contribution < 1.29 is 9.53 Å². The third kappa shape index (κ3) is 2.66. The summed E-state index contributed by atoms with van der Waals surface area (Å²) in [6.07, 6.45) is 2.37. The first-order chi connectivity index (χ1) is 9.27. The van der Waals surface area contributed by atoms with E-state index in [2.05, 4.69) is 19.1 Å². The van der Waals surface area contributed by atoms with Gasteiger partial charge in [0, 0.05) is 6.54 Å². The Morgan fingerprint density at radius 3 is 2.68 bits per heavy atom. The van der Waals surface area contributed by atoms with E-state index in [0.29, 0.717) is 25.0 Å². The lowest BCUT2D eigenvalue weighted by atomic mass is 9.92. The molecule has 1 aromatic rings. The zero-order valence-electron chi connectivity index (χ0n) is 11.4. The fraction of sp³-hybridized carbons (Fsp3) is 0.562. The maximum atomic E-state index is 12.9. The van der Waals surface area contributed by atoms with Crippen molar-refractivity contribution in [2.24, 2.45) is 5.92 Å². The van der Waals surface area contributed by atoms with Gasteiger partial charge in [-0.1, -0.05) is 30.3 Å². The van der Waals surface area contributed by atoms with Gasteiger partial charge in [0.25, 0.3) is 0 Å². The molecule has 2 atom stereocenters. The van der Waals surface area contributed by atoms with Gasteiger partial charge in [0.2, 0.25) is 5.91 Å². The molecule has 19 heavy (non-hydrogen) atoms. The second-order valence-electron chi connectivity index (χ2n) is 5.68. The van der Waals surface area contributed by atoms with Crippen LogP contribution in [-0.2, 0) is 9.53 Å². The summed E-state index contributed by atoms with van der Waals surface area (Å²) in [4.78, 5) is 14.9. The van der Waals surface area contributed by atoms with Crippen LogP contribution in [0.4, 0.5) is 0 Å². The molecule has 1 saturated carbocycles. The first kappa shape index (κ1) is 12.7. The fourth-order valence-corrected chi connectivity index (χ4v) is 2.94. The maximum Gasteiger partial charge on any atom is 0.230 e. The third-order valence-corrected chi connectivity index (χ3v) is 4.17. The number of hydrogen-bond acceptors (Lipinski definition) is 2. The third-order valence-electron chi connectivity index (χ3n) is 4.17. The molecule has 1 heterocycles. The van der Waals surface area contributed by atoms with E-state index in [1.165, 1.54) is 18.4 Å². The van der Waals surface area contributed by atoms with Crippen molar-refractivity contribution in [3.8, 4) is 0 Å². The molecule has 3 heteroatoms. The number of morpholine rings is 1. The molecule has 1 aliphatic heterocycles. The van der Waals surface area contributed by atoms with Crippen LogP contribution in [0.5, 0.6) is 0 Å². The molecule has 2 unspecified atom stereocenters. The van der Waals surface area contributed by atoms with Gasteiger partial charge in [-0.3, -0.25) is 4.79 Å². The lowest BCUT2D eigenvalue weighted by Gasteiger charge is -2.36. The van der Waals surface area contributed by atoms with E-state index in [0.717, 1.165) is 6.54 Å². The van der Waals surface area contributed by atoms with Crippen LogP contribution in [0.25, 0.3) is 0 Å². The second kappa shape index (κ2) is 5.33. The van der Waals surface area contributed by atoms with Gasteiger partial charge in [0.15, 0.2) is 0 Å². The van der Waals surface area contributed by atoms with Crippen LogP contribution < -0.4 is 0 Å². The Kier molecular flexibility index (Phi) is 3.56. The highest BCUT2D eigenvalue weighted by Gasteiger charge is 2.40. The van der Waals surface area contributed by atoms with Crippen LogP contribution in [0.15, 0.2) is 30.3 Å². The predicted octanol–water partition coefficient (Wildman–Crippen LogP) is 2.43. The Balaban J connectivity index is 1.82. The van der Waals surface area contributed by atoms with Gasteiger partial charge in [-0.25, -0.2) is 0 Å². The fourth-order valence-electron chi connectivity index (χ4n) is 2.94. The molecule has 1 amide bonds. The van der Waals surface area contributed by atoms with Gasteiger partial charge in [-0.2, -0.15) is 0 Å². The number of nitrogens with zero attached hydrogens (tertiary/aromatic N) is 1. The molecule has 3 rings (SSSR count). The second-order valence-corrected chi connectivity index (χ2v) is 5.68. The molecule has 3 nitrogen and oxygen atoms in total. The average Bonchev–Trinajstić information content (AvgIpc) is 3.25. The van der Waals surface area contributed by atoms with Gasteiger partial charge in [-0.15, -0.1) is 0 Å². The van der Waals surface area contributed by atoms with Crippen LogP contribution in [0.1, 0.15) is 31.2 Å². The van der Waals surface area contributed by atoms with Gasteiger partial charge in [0.1, 0.15) is 0 Å². The number of rotatable bonds is 3. The number of amides is 1. The van der Waals surface area contributed by atoms with Crippen molar-refractivity contribution in [1.29, 1.82) is 0 Å². The Bertz CT molecular complexity index is 441. The topological polar surface area (TPSA) is 29.5 Å². The minimum absolute atomic E-state index is 0.0572. The highest BCUT2D eigenvalue weighted by Crippen LogP contribution is 2.43. The first-order valence-corrected chi connectivity index (χ1v) is 7.20. The number of carbonyl (C=O) groups excluding carboxylic acids is 1. The molecule has 1 aliphatic carbocycles. The van der Waals surface area contributed by atoms with E-state index >= 15 is 0 Å². The smallest absolute Gasteiger partial charge is 0.230 e. The van der Waals surface area contributed by atoms with Gasteiger partial charge in [0.05, 0.1) is 25.2 Å². The van der Waals surface area contributed by atoms with Crippen LogP contribution >= 0.6 is 0 Å². The standard InChI is InChI=1S/C16H21NO2/c1-12-11-19-10-9-17(12)16(18)15(14-7-8-14)13-5-3-2-4-6-13/h2-6,12,14-15H,7-11H2,1H3. The van der Waals surface area contributed by atoms with E-state index in [4.69, 9.17) is 4.74 Å².